The zero-order chi connectivity index (χ0) is 9.61. The van der Waals surface area contributed by atoms with Crippen molar-refractivity contribution in [3.63, 3.8) is 0 Å². The summed E-state index contributed by atoms with van der Waals surface area (Å²) in [7, 11) is 0. The predicted molar refractivity (Wildman–Crippen MR) is 56.0 cm³/mol. The first kappa shape index (κ1) is 11.6. The molecule has 0 radical (unpaired) electrons. The normalized spacial score (nSPS) is 15.2. The van der Waals surface area contributed by atoms with E-state index in [9.17, 15) is 0 Å². The van der Waals surface area contributed by atoms with Gasteiger partial charge in [0.2, 0.25) is 0 Å². The van der Waals surface area contributed by atoms with Crippen LogP contribution in [0.2, 0.25) is 0 Å². The topological polar surface area (TPSA) is 76.4 Å². The first-order chi connectivity index (χ1) is 5.54. The zero-order valence-electron chi connectivity index (χ0n) is 7.92. The number of nitrogens with two attached hydrogens (primary N) is 2. The summed E-state index contributed by atoms with van der Waals surface area (Å²) in [6, 6.07) is 0. The van der Waals surface area contributed by atoms with E-state index in [2.05, 4.69) is 23.6 Å². The molecule has 1 atom stereocenters. The van der Waals surface area contributed by atoms with E-state index in [0.29, 0.717) is 6.54 Å². The highest BCUT2D eigenvalue weighted by Gasteiger charge is 2.20. The van der Waals surface area contributed by atoms with Crippen LogP contribution < -0.4 is 16.2 Å². The third kappa shape index (κ3) is 4.46. The summed E-state index contributed by atoms with van der Waals surface area (Å²) in [5.41, 5.74) is 10.5. The van der Waals surface area contributed by atoms with Crippen LogP contribution in [0.5, 0.6) is 0 Å². The summed E-state index contributed by atoms with van der Waals surface area (Å²) in [5.74, 6) is 0.151. The molecule has 0 aliphatic rings. The van der Waals surface area contributed by atoms with Crippen LogP contribution >= 0.6 is 11.9 Å². The average molecular weight is 190 g/mol. The predicted octanol–water partition coefficient (Wildman–Crippen LogP) is 0.296. The SMILES string of the molecule is CCC(C)(CN=C(N)N)NSC. The molecular weight excluding hydrogens is 172 g/mol. The van der Waals surface area contributed by atoms with Crippen LogP contribution in [-0.4, -0.2) is 24.3 Å². The summed E-state index contributed by atoms with van der Waals surface area (Å²) in [4.78, 5) is 3.98. The second-order valence-electron chi connectivity index (χ2n) is 2.96. The molecule has 0 spiro atoms. The molecule has 72 valence electrons. The molecule has 0 aliphatic heterocycles. The van der Waals surface area contributed by atoms with Crippen molar-refractivity contribution in [1.82, 2.24) is 4.72 Å². The zero-order valence-corrected chi connectivity index (χ0v) is 8.74. The van der Waals surface area contributed by atoms with Gasteiger partial charge in [-0.25, -0.2) is 0 Å². The van der Waals surface area contributed by atoms with Crippen LogP contribution in [0.25, 0.3) is 0 Å². The van der Waals surface area contributed by atoms with Crippen molar-refractivity contribution in [1.29, 1.82) is 0 Å². The summed E-state index contributed by atoms with van der Waals surface area (Å²) < 4.78 is 3.26. The maximum Gasteiger partial charge on any atom is 0.185 e. The van der Waals surface area contributed by atoms with Gasteiger partial charge in [0.05, 0.1) is 6.54 Å². The minimum atomic E-state index is -0.0105. The van der Waals surface area contributed by atoms with Crippen LogP contribution in [0.4, 0.5) is 0 Å². The summed E-state index contributed by atoms with van der Waals surface area (Å²) in [6.07, 6.45) is 2.98. The summed E-state index contributed by atoms with van der Waals surface area (Å²) in [6.45, 7) is 4.81. The standard InChI is InChI=1S/C7H18N4S/c1-4-7(2,11-12-3)5-10-6(8)9/h11H,4-5H2,1-3H3,(H4,8,9,10). The fourth-order valence-corrected chi connectivity index (χ4v) is 1.43. The number of aliphatic imine (C=N–C) groups is 1. The molecule has 0 fully saturated rings. The minimum Gasteiger partial charge on any atom is -0.370 e. The van der Waals surface area contributed by atoms with Gasteiger partial charge in [-0.15, -0.1) is 0 Å². The molecule has 0 saturated heterocycles. The van der Waals surface area contributed by atoms with Crippen LogP contribution in [0.3, 0.4) is 0 Å². The van der Waals surface area contributed by atoms with Crippen molar-refractivity contribution >= 4 is 17.9 Å². The summed E-state index contributed by atoms with van der Waals surface area (Å²) >= 11 is 1.58. The lowest BCUT2D eigenvalue weighted by Gasteiger charge is -2.26. The van der Waals surface area contributed by atoms with Crippen molar-refractivity contribution in [2.45, 2.75) is 25.8 Å². The van der Waals surface area contributed by atoms with Gasteiger partial charge in [0, 0.05) is 5.54 Å². The summed E-state index contributed by atoms with van der Waals surface area (Å²) in [5, 5.41) is 0. The minimum absolute atomic E-state index is 0.0105. The molecular formula is C7H18N4S. The van der Waals surface area contributed by atoms with Crippen molar-refractivity contribution in [2.75, 3.05) is 12.8 Å². The molecule has 12 heavy (non-hydrogen) atoms. The fourth-order valence-electron chi connectivity index (χ4n) is 0.728. The van der Waals surface area contributed by atoms with Gasteiger partial charge in [-0.2, -0.15) is 0 Å². The Morgan fingerprint density at radius 3 is 2.50 bits per heavy atom. The maximum atomic E-state index is 5.24. The molecule has 0 saturated carbocycles. The smallest absolute Gasteiger partial charge is 0.185 e. The molecule has 1 unspecified atom stereocenters. The number of rotatable bonds is 5. The lowest BCUT2D eigenvalue weighted by Crippen LogP contribution is -2.41. The van der Waals surface area contributed by atoms with E-state index in [-0.39, 0.29) is 11.5 Å². The molecule has 4 nitrogen and oxygen atoms in total. The number of hydrogen-bond donors (Lipinski definition) is 3. The number of hydrogen-bond acceptors (Lipinski definition) is 3. The van der Waals surface area contributed by atoms with Crippen molar-refractivity contribution in [3.05, 3.63) is 0 Å². The van der Waals surface area contributed by atoms with Crippen LogP contribution in [0, 0.1) is 0 Å². The van der Waals surface area contributed by atoms with E-state index in [4.69, 9.17) is 11.5 Å². The Bertz CT molecular complexity index is 155. The van der Waals surface area contributed by atoms with Crippen molar-refractivity contribution < 1.29 is 0 Å². The third-order valence-corrected chi connectivity index (χ3v) is 2.44. The molecule has 0 aromatic heterocycles. The van der Waals surface area contributed by atoms with Gasteiger partial charge in [0.15, 0.2) is 5.96 Å². The molecule has 0 aromatic carbocycles. The Kier molecular flexibility index (Phi) is 5.08. The Morgan fingerprint density at radius 2 is 2.17 bits per heavy atom. The van der Waals surface area contributed by atoms with Gasteiger partial charge in [0.25, 0.3) is 0 Å². The van der Waals surface area contributed by atoms with Gasteiger partial charge < -0.3 is 11.5 Å². The lowest BCUT2D eigenvalue weighted by atomic mass is 10.0. The molecule has 0 amide bonds. The molecule has 0 bridgehead atoms. The van der Waals surface area contributed by atoms with Gasteiger partial charge >= 0.3 is 0 Å². The van der Waals surface area contributed by atoms with Crippen LogP contribution in [0.1, 0.15) is 20.3 Å². The monoisotopic (exact) mass is 190 g/mol. The van der Waals surface area contributed by atoms with E-state index in [1.165, 1.54) is 0 Å². The van der Waals surface area contributed by atoms with Crippen LogP contribution in [0.15, 0.2) is 4.99 Å². The molecule has 0 heterocycles. The van der Waals surface area contributed by atoms with Gasteiger partial charge in [-0.05, 0) is 19.6 Å². The maximum absolute atomic E-state index is 5.24. The Hall–Kier alpha value is -0.420. The third-order valence-electron chi connectivity index (χ3n) is 1.74. The van der Waals surface area contributed by atoms with Gasteiger partial charge in [-0.3, -0.25) is 9.71 Å². The van der Waals surface area contributed by atoms with E-state index in [1.54, 1.807) is 11.9 Å². The molecule has 5 N–H and O–H groups in total. The first-order valence-electron chi connectivity index (χ1n) is 3.89. The second-order valence-corrected chi connectivity index (χ2v) is 3.57. The lowest BCUT2D eigenvalue weighted by molar-refractivity contribution is 0.432. The highest BCUT2D eigenvalue weighted by molar-refractivity contribution is 7.96. The average Bonchev–Trinajstić information content (AvgIpc) is 2.02. The molecule has 5 heteroatoms. The van der Waals surface area contributed by atoms with Gasteiger partial charge in [-0.1, -0.05) is 18.9 Å². The molecule has 0 aromatic rings. The Balaban J connectivity index is 4.04. The molecule has 0 aliphatic carbocycles. The number of nitrogens with one attached hydrogen (secondary N) is 1. The van der Waals surface area contributed by atoms with E-state index in [0.717, 1.165) is 6.42 Å². The Morgan fingerprint density at radius 1 is 1.58 bits per heavy atom. The van der Waals surface area contributed by atoms with E-state index >= 15 is 0 Å². The fraction of sp³-hybridized carbons (Fsp3) is 0.857. The highest BCUT2D eigenvalue weighted by Crippen LogP contribution is 2.12. The van der Waals surface area contributed by atoms with E-state index in [1.807, 2.05) is 6.26 Å². The molecule has 0 rings (SSSR count). The van der Waals surface area contributed by atoms with Crippen molar-refractivity contribution in [2.24, 2.45) is 16.5 Å². The highest BCUT2D eigenvalue weighted by atomic mass is 32.2. The first-order valence-corrected chi connectivity index (χ1v) is 5.12. The largest absolute Gasteiger partial charge is 0.370 e. The quantitative estimate of drug-likeness (QED) is 0.331. The second kappa shape index (κ2) is 5.27. The van der Waals surface area contributed by atoms with E-state index < -0.39 is 0 Å². The van der Waals surface area contributed by atoms with Crippen LogP contribution in [-0.2, 0) is 0 Å². The number of guanidine groups is 1. The Labute approximate surface area is 78.3 Å². The van der Waals surface area contributed by atoms with Crippen molar-refractivity contribution in [3.8, 4) is 0 Å². The van der Waals surface area contributed by atoms with Gasteiger partial charge in [0.1, 0.15) is 0 Å². The number of nitrogens with zero attached hydrogens (tertiary/aromatic N) is 1.